The van der Waals surface area contributed by atoms with Crippen LogP contribution >= 0.6 is 0 Å². The summed E-state index contributed by atoms with van der Waals surface area (Å²) in [6.45, 7) is 10.0. The van der Waals surface area contributed by atoms with E-state index in [1.54, 1.807) is 23.2 Å². The van der Waals surface area contributed by atoms with Crippen LogP contribution in [0.1, 0.15) is 77.3 Å². The van der Waals surface area contributed by atoms with E-state index in [1.807, 2.05) is 37.8 Å². The second-order valence-corrected chi connectivity index (χ2v) is 12.7. The van der Waals surface area contributed by atoms with Crippen molar-refractivity contribution in [3.8, 4) is 0 Å². The second-order valence-electron chi connectivity index (χ2n) is 12.7. The number of aryl methyl sites for hydroxylation is 1. The van der Waals surface area contributed by atoms with Crippen LogP contribution in [0, 0.1) is 11.8 Å². The zero-order chi connectivity index (χ0) is 29.7. The number of nitrogens with zero attached hydrogens (tertiary/aromatic N) is 4. The molecule has 2 aromatic rings. The van der Waals surface area contributed by atoms with Crippen LogP contribution in [0.3, 0.4) is 0 Å². The van der Waals surface area contributed by atoms with Crippen molar-refractivity contribution in [2.24, 2.45) is 18.9 Å². The van der Waals surface area contributed by atoms with Crippen LogP contribution < -0.4 is 11.0 Å². The molecule has 0 bridgehead atoms. The summed E-state index contributed by atoms with van der Waals surface area (Å²) in [6, 6.07) is 5.17. The molecule has 41 heavy (non-hydrogen) atoms. The van der Waals surface area contributed by atoms with Crippen LogP contribution in [0.4, 0.5) is 4.79 Å². The van der Waals surface area contributed by atoms with Gasteiger partial charge in [-0.1, -0.05) is 12.1 Å². The van der Waals surface area contributed by atoms with E-state index < -0.39 is 11.6 Å². The second kappa shape index (κ2) is 13.2. The Kier molecular flexibility index (Phi) is 9.94. The number of carbonyl (C=O) groups excluding carboxylic acids is 3. The number of imidazole rings is 1. The van der Waals surface area contributed by atoms with Crippen molar-refractivity contribution in [1.29, 1.82) is 0 Å². The summed E-state index contributed by atoms with van der Waals surface area (Å²) in [5.74, 6) is 1.07. The number of carbonyl (C=O) groups is 3. The number of ether oxygens (including phenoxy) is 1. The molecule has 2 fully saturated rings. The topological polar surface area (TPSA) is 106 Å². The van der Waals surface area contributed by atoms with Gasteiger partial charge in [0, 0.05) is 40.2 Å². The first-order valence-electron chi connectivity index (χ1n) is 15.1. The van der Waals surface area contributed by atoms with Crippen molar-refractivity contribution >= 4 is 29.3 Å². The number of likely N-dealkylation sites (N-methyl/N-ethyl adjacent to an activating group) is 1. The summed E-state index contributed by atoms with van der Waals surface area (Å²) in [6.07, 6.45) is 6.65. The highest BCUT2D eigenvalue weighted by Gasteiger charge is 2.30. The fourth-order valence-electron chi connectivity index (χ4n) is 6.49. The first kappa shape index (κ1) is 30.8. The van der Waals surface area contributed by atoms with Gasteiger partial charge in [-0.2, -0.15) is 0 Å². The molecule has 2 aliphatic heterocycles. The summed E-state index contributed by atoms with van der Waals surface area (Å²) in [5, 5.41) is 2.65. The number of aldehydes is 1. The third kappa shape index (κ3) is 7.39. The van der Waals surface area contributed by atoms with E-state index >= 15 is 0 Å². The Bertz CT molecular complexity index is 1280. The highest BCUT2D eigenvalue weighted by molar-refractivity contribution is 5.85. The van der Waals surface area contributed by atoms with Gasteiger partial charge in [-0.15, -0.1) is 0 Å². The fraction of sp³-hybridized carbons (Fsp3) is 0.677. The molecule has 0 aliphatic carbocycles. The Hall–Kier alpha value is -3.14. The van der Waals surface area contributed by atoms with Crippen molar-refractivity contribution in [3.05, 3.63) is 34.2 Å². The number of piperidine rings is 2. The predicted molar refractivity (Wildman–Crippen MR) is 159 cm³/mol. The van der Waals surface area contributed by atoms with Crippen LogP contribution in [0.2, 0.25) is 0 Å². The molecule has 1 N–H and O–H groups in total. The molecule has 1 unspecified atom stereocenters. The van der Waals surface area contributed by atoms with Gasteiger partial charge in [0.25, 0.3) is 0 Å². The number of rotatable bonds is 9. The van der Waals surface area contributed by atoms with Crippen LogP contribution in [-0.2, 0) is 27.9 Å². The summed E-state index contributed by atoms with van der Waals surface area (Å²) < 4.78 is 8.72. The number of likely N-dealkylation sites (tertiary alicyclic amines) is 2. The molecule has 0 saturated carbocycles. The maximum atomic E-state index is 13.3. The predicted octanol–water partition coefficient (Wildman–Crippen LogP) is 3.86. The van der Waals surface area contributed by atoms with Crippen molar-refractivity contribution in [2.45, 2.75) is 83.9 Å². The van der Waals surface area contributed by atoms with Crippen LogP contribution in [-0.4, -0.2) is 76.0 Å². The summed E-state index contributed by atoms with van der Waals surface area (Å²) in [5.41, 5.74) is 1.93. The van der Waals surface area contributed by atoms with E-state index in [-0.39, 0.29) is 30.5 Å². The number of hydrogen-bond acceptors (Lipinski definition) is 6. The van der Waals surface area contributed by atoms with Crippen molar-refractivity contribution in [1.82, 2.24) is 24.3 Å². The molecule has 4 rings (SSSR count). The Balaban J connectivity index is 1.36. The Labute approximate surface area is 243 Å². The maximum absolute atomic E-state index is 13.3. The SMILES string of the molecule is CNC(=O)C(CCC=O)n1c(=O)n(C)c2c(CN3CCC(CC4CCN(C(=O)OC(C)(C)C)CC4)CC3)cccc21. The average Bonchev–Trinajstić information content (AvgIpc) is 3.19. The average molecular weight is 570 g/mol. The van der Waals surface area contributed by atoms with Crippen LogP contribution in [0.25, 0.3) is 11.0 Å². The maximum Gasteiger partial charge on any atom is 0.410 e. The van der Waals surface area contributed by atoms with Gasteiger partial charge in [0.1, 0.15) is 17.9 Å². The molecule has 10 nitrogen and oxygen atoms in total. The van der Waals surface area contributed by atoms with Crippen molar-refractivity contribution < 1.29 is 19.1 Å². The number of benzene rings is 1. The van der Waals surface area contributed by atoms with Crippen molar-refractivity contribution in [2.75, 3.05) is 33.2 Å². The van der Waals surface area contributed by atoms with Gasteiger partial charge >= 0.3 is 11.8 Å². The van der Waals surface area contributed by atoms with Crippen LogP contribution in [0.15, 0.2) is 23.0 Å². The Morgan fingerprint density at radius 1 is 1.07 bits per heavy atom. The third-order valence-corrected chi connectivity index (χ3v) is 8.64. The molecule has 2 saturated heterocycles. The van der Waals surface area contributed by atoms with Gasteiger partial charge in [0.2, 0.25) is 5.91 Å². The lowest BCUT2D eigenvalue weighted by molar-refractivity contribution is -0.124. The largest absolute Gasteiger partial charge is 0.444 e. The lowest BCUT2D eigenvalue weighted by Crippen LogP contribution is -2.42. The molecule has 1 aromatic heterocycles. The van der Waals surface area contributed by atoms with E-state index in [2.05, 4.69) is 16.3 Å². The summed E-state index contributed by atoms with van der Waals surface area (Å²) in [7, 11) is 3.31. The minimum absolute atomic E-state index is 0.197. The molecule has 1 aromatic carbocycles. The first-order valence-corrected chi connectivity index (χ1v) is 15.1. The number of aromatic nitrogens is 2. The zero-order valence-corrected chi connectivity index (χ0v) is 25.4. The lowest BCUT2D eigenvalue weighted by Gasteiger charge is -2.37. The van der Waals surface area contributed by atoms with Gasteiger partial charge in [-0.25, -0.2) is 9.59 Å². The molecule has 226 valence electrons. The van der Waals surface area contributed by atoms with Gasteiger partial charge in [0.05, 0.1) is 11.0 Å². The summed E-state index contributed by atoms with van der Waals surface area (Å²) >= 11 is 0. The quantitative estimate of drug-likeness (QED) is 0.460. The van der Waals surface area contributed by atoms with E-state index in [0.717, 1.165) is 81.3 Å². The first-order chi connectivity index (χ1) is 19.5. The Morgan fingerprint density at radius 2 is 1.71 bits per heavy atom. The normalized spacial score (nSPS) is 18.4. The number of amides is 2. The van der Waals surface area contributed by atoms with Crippen LogP contribution in [0.5, 0.6) is 0 Å². The molecule has 2 aliphatic rings. The molecule has 0 spiro atoms. The molecular formula is C31H47N5O5. The molecule has 2 amide bonds. The highest BCUT2D eigenvalue weighted by Crippen LogP contribution is 2.32. The number of hydrogen-bond donors (Lipinski definition) is 1. The van der Waals surface area contributed by atoms with E-state index in [9.17, 15) is 19.2 Å². The minimum Gasteiger partial charge on any atom is -0.444 e. The molecular weight excluding hydrogens is 522 g/mol. The monoisotopic (exact) mass is 569 g/mol. The number of fused-ring (bicyclic) bond motifs is 1. The molecule has 10 heteroatoms. The zero-order valence-electron chi connectivity index (χ0n) is 25.4. The van der Waals surface area contributed by atoms with Crippen molar-refractivity contribution in [3.63, 3.8) is 0 Å². The standard InChI is InChI=1S/C31H47N5O5/c1-31(2,3)41-30(40)35-17-13-23(14-18-35)20-22-11-15-34(16-12-22)21-24-8-6-9-25-27(24)33(5)29(39)36(25)26(10-7-19-37)28(38)32-4/h6,8-9,19,22-23,26H,7,10-18,20-21H2,1-5H3,(H,32,38). The molecule has 0 radical (unpaired) electrons. The highest BCUT2D eigenvalue weighted by atomic mass is 16.6. The van der Waals surface area contributed by atoms with Gasteiger partial charge in [-0.05, 0) is 95.9 Å². The molecule has 3 heterocycles. The summed E-state index contributed by atoms with van der Waals surface area (Å²) in [4.78, 5) is 53.7. The minimum atomic E-state index is -0.733. The fourth-order valence-corrected chi connectivity index (χ4v) is 6.49. The van der Waals surface area contributed by atoms with Gasteiger partial charge in [-0.3, -0.25) is 18.8 Å². The third-order valence-electron chi connectivity index (χ3n) is 8.64. The number of para-hydroxylation sites is 1. The van der Waals surface area contributed by atoms with Gasteiger partial charge < -0.3 is 19.7 Å². The number of nitrogens with one attached hydrogen (secondary N) is 1. The van der Waals surface area contributed by atoms with E-state index in [0.29, 0.717) is 11.8 Å². The van der Waals surface area contributed by atoms with Gasteiger partial charge in [0.15, 0.2) is 0 Å². The smallest absolute Gasteiger partial charge is 0.410 e. The lowest BCUT2D eigenvalue weighted by atomic mass is 9.83. The van der Waals surface area contributed by atoms with E-state index in [4.69, 9.17) is 4.74 Å². The molecule has 1 atom stereocenters. The van der Waals surface area contributed by atoms with E-state index in [1.165, 1.54) is 6.42 Å². The Morgan fingerprint density at radius 3 is 2.29 bits per heavy atom.